The van der Waals surface area contributed by atoms with E-state index in [1.54, 1.807) is 0 Å². The summed E-state index contributed by atoms with van der Waals surface area (Å²) < 4.78 is 113. The number of rotatable bonds is 8. The Labute approximate surface area is 144 Å². The smallest absolute Gasteiger partial charge is 0.439 e. The SMILES string of the molecule is CCCCCCC(C)OC(=O)CN1C(F)(F)C(F)(F)OC(F)(F)C1(F)F. The van der Waals surface area contributed by atoms with Crippen LogP contribution in [0, 0.1) is 0 Å². The lowest BCUT2D eigenvalue weighted by Crippen LogP contribution is -2.74. The third-order valence-electron chi connectivity index (χ3n) is 3.72. The highest BCUT2D eigenvalue weighted by molar-refractivity contribution is 5.72. The molecule has 0 bridgehead atoms. The summed E-state index contributed by atoms with van der Waals surface area (Å²) in [5.41, 5.74) is 0. The Morgan fingerprint density at radius 1 is 0.962 bits per heavy atom. The zero-order valence-corrected chi connectivity index (χ0v) is 14.0. The molecule has 1 aliphatic heterocycles. The summed E-state index contributed by atoms with van der Waals surface area (Å²) in [5.74, 6) is -1.76. The molecule has 1 aliphatic rings. The molecule has 0 amide bonds. The van der Waals surface area contributed by atoms with E-state index in [0.717, 1.165) is 19.3 Å². The van der Waals surface area contributed by atoms with Crippen molar-refractivity contribution < 1.29 is 49.4 Å². The van der Waals surface area contributed by atoms with Gasteiger partial charge >= 0.3 is 30.3 Å². The first-order valence-electron chi connectivity index (χ1n) is 7.87. The van der Waals surface area contributed by atoms with Crippen molar-refractivity contribution in [2.75, 3.05) is 6.54 Å². The number of hydrogen-bond donors (Lipinski definition) is 0. The van der Waals surface area contributed by atoms with E-state index < -0.39 is 47.8 Å². The molecule has 0 aromatic heterocycles. The van der Waals surface area contributed by atoms with Gasteiger partial charge in [-0.05, 0) is 19.8 Å². The number of esters is 1. The average molecular weight is 401 g/mol. The van der Waals surface area contributed by atoms with Crippen LogP contribution in [0.5, 0.6) is 0 Å². The minimum absolute atomic E-state index is 0.272. The Kier molecular flexibility index (Phi) is 6.89. The number of unbranched alkanes of at least 4 members (excludes halogenated alkanes) is 3. The third-order valence-corrected chi connectivity index (χ3v) is 3.72. The first-order valence-corrected chi connectivity index (χ1v) is 7.87. The van der Waals surface area contributed by atoms with Gasteiger partial charge in [0.2, 0.25) is 0 Å². The highest BCUT2D eigenvalue weighted by Gasteiger charge is 2.82. The number of ether oxygens (including phenoxy) is 2. The molecule has 1 heterocycles. The Hall–Kier alpha value is -1.17. The van der Waals surface area contributed by atoms with Gasteiger partial charge in [0.1, 0.15) is 6.54 Å². The van der Waals surface area contributed by atoms with Crippen molar-refractivity contribution in [3.8, 4) is 0 Å². The minimum Gasteiger partial charge on any atom is -0.462 e. The van der Waals surface area contributed by atoms with E-state index in [1.165, 1.54) is 6.92 Å². The summed E-state index contributed by atoms with van der Waals surface area (Å²) >= 11 is 0. The van der Waals surface area contributed by atoms with Crippen LogP contribution in [0.2, 0.25) is 0 Å². The average Bonchev–Trinajstić information content (AvgIpc) is 2.46. The van der Waals surface area contributed by atoms with Gasteiger partial charge in [-0.15, -0.1) is 0 Å². The van der Waals surface area contributed by atoms with Crippen molar-refractivity contribution in [3.05, 3.63) is 0 Å². The van der Waals surface area contributed by atoms with Crippen LogP contribution >= 0.6 is 0 Å². The third kappa shape index (κ3) is 4.56. The Balaban J connectivity index is 2.82. The molecule has 1 saturated heterocycles. The fourth-order valence-electron chi connectivity index (χ4n) is 2.28. The predicted octanol–water partition coefficient (Wildman–Crippen LogP) is 4.59. The summed E-state index contributed by atoms with van der Waals surface area (Å²) in [6.45, 7) is 1.11. The number of carbonyl (C=O) groups is 1. The second-order valence-electron chi connectivity index (χ2n) is 5.95. The Morgan fingerprint density at radius 2 is 1.46 bits per heavy atom. The topological polar surface area (TPSA) is 38.8 Å². The van der Waals surface area contributed by atoms with Crippen LogP contribution in [-0.4, -0.2) is 47.8 Å². The van der Waals surface area contributed by atoms with Crippen molar-refractivity contribution in [2.24, 2.45) is 0 Å². The largest absolute Gasteiger partial charge is 0.462 e. The van der Waals surface area contributed by atoms with E-state index in [0.29, 0.717) is 6.42 Å². The van der Waals surface area contributed by atoms with Gasteiger partial charge in [-0.1, -0.05) is 26.2 Å². The Morgan fingerprint density at radius 3 is 1.92 bits per heavy atom. The van der Waals surface area contributed by atoms with Crippen LogP contribution in [-0.2, 0) is 14.3 Å². The van der Waals surface area contributed by atoms with E-state index in [4.69, 9.17) is 0 Å². The lowest BCUT2D eigenvalue weighted by molar-refractivity contribution is -0.561. The lowest BCUT2D eigenvalue weighted by Gasteiger charge is -2.46. The van der Waals surface area contributed by atoms with Crippen molar-refractivity contribution in [2.45, 2.75) is 76.4 Å². The van der Waals surface area contributed by atoms with Gasteiger partial charge in [-0.3, -0.25) is 4.79 Å². The van der Waals surface area contributed by atoms with Gasteiger partial charge in [0.05, 0.1) is 6.10 Å². The monoisotopic (exact) mass is 401 g/mol. The molecule has 1 fully saturated rings. The minimum atomic E-state index is -5.94. The number of hydrogen-bond acceptors (Lipinski definition) is 4. The van der Waals surface area contributed by atoms with Crippen molar-refractivity contribution in [1.82, 2.24) is 4.90 Å². The maximum absolute atomic E-state index is 13.5. The van der Waals surface area contributed by atoms with Crippen LogP contribution in [0.15, 0.2) is 0 Å². The summed E-state index contributed by atoms with van der Waals surface area (Å²) in [4.78, 5) is 9.65. The van der Waals surface area contributed by atoms with E-state index in [9.17, 15) is 39.9 Å². The highest BCUT2D eigenvalue weighted by Crippen LogP contribution is 2.55. The van der Waals surface area contributed by atoms with Gasteiger partial charge < -0.3 is 4.74 Å². The Bertz CT molecular complexity index is 475. The van der Waals surface area contributed by atoms with E-state index in [-0.39, 0.29) is 6.42 Å². The van der Waals surface area contributed by atoms with Crippen LogP contribution in [0.25, 0.3) is 0 Å². The van der Waals surface area contributed by atoms with Crippen molar-refractivity contribution in [3.63, 3.8) is 0 Å². The summed E-state index contributed by atoms with van der Waals surface area (Å²) in [7, 11) is 0. The number of halogens is 8. The van der Waals surface area contributed by atoms with Crippen LogP contribution in [0.1, 0.15) is 46.0 Å². The molecule has 1 unspecified atom stereocenters. The first-order chi connectivity index (χ1) is 11.7. The molecule has 0 spiro atoms. The van der Waals surface area contributed by atoms with Crippen molar-refractivity contribution >= 4 is 5.97 Å². The zero-order chi connectivity index (χ0) is 20.4. The van der Waals surface area contributed by atoms with E-state index >= 15 is 0 Å². The quantitative estimate of drug-likeness (QED) is 0.258. The zero-order valence-electron chi connectivity index (χ0n) is 14.0. The summed E-state index contributed by atoms with van der Waals surface area (Å²) in [6, 6.07) is -11.7. The normalized spacial score (nSPS) is 24.8. The lowest BCUT2D eigenvalue weighted by atomic mass is 10.1. The maximum atomic E-state index is 13.5. The van der Waals surface area contributed by atoms with Crippen LogP contribution in [0.4, 0.5) is 35.1 Å². The standard InChI is InChI=1S/C14H19F8NO3/c1-3-4-5-6-7-9(2)25-10(24)8-23-11(15,16)13(19,20)26-14(21,22)12(23,17)18/h9H,3-8H2,1-2H3. The second-order valence-corrected chi connectivity index (χ2v) is 5.95. The number of carbonyl (C=O) groups excluding carboxylic acids is 1. The molecular weight excluding hydrogens is 382 g/mol. The van der Waals surface area contributed by atoms with E-state index in [1.807, 2.05) is 6.92 Å². The molecule has 0 N–H and O–H groups in total. The second kappa shape index (κ2) is 7.83. The number of nitrogens with zero attached hydrogens (tertiary/aromatic N) is 1. The summed E-state index contributed by atoms with van der Waals surface area (Å²) in [6.07, 6.45) is -9.33. The highest BCUT2D eigenvalue weighted by atomic mass is 19.4. The van der Waals surface area contributed by atoms with Crippen molar-refractivity contribution in [1.29, 1.82) is 0 Å². The van der Waals surface area contributed by atoms with Gasteiger partial charge in [0.15, 0.2) is 0 Å². The maximum Gasteiger partial charge on any atom is 0.439 e. The van der Waals surface area contributed by atoms with E-state index in [2.05, 4.69) is 9.47 Å². The summed E-state index contributed by atoms with van der Waals surface area (Å²) in [5, 5.41) is 0. The predicted molar refractivity (Wildman–Crippen MR) is 71.9 cm³/mol. The fourth-order valence-corrected chi connectivity index (χ4v) is 2.28. The molecule has 0 saturated carbocycles. The molecule has 154 valence electrons. The number of alkyl halides is 8. The number of morpholine rings is 1. The molecule has 4 nitrogen and oxygen atoms in total. The van der Waals surface area contributed by atoms with Gasteiger partial charge in [-0.25, -0.2) is 4.74 Å². The van der Waals surface area contributed by atoms with Gasteiger partial charge in [0, 0.05) is 0 Å². The van der Waals surface area contributed by atoms with Crippen LogP contribution < -0.4 is 0 Å². The molecule has 12 heteroatoms. The molecule has 0 radical (unpaired) electrons. The van der Waals surface area contributed by atoms with Gasteiger partial charge in [0.25, 0.3) is 0 Å². The van der Waals surface area contributed by atoms with Crippen LogP contribution in [0.3, 0.4) is 0 Å². The molecular formula is C14H19F8NO3. The first kappa shape index (κ1) is 22.9. The molecule has 0 aliphatic carbocycles. The molecule has 0 aromatic rings. The molecule has 26 heavy (non-hydrogen) atoms. The fraction of sp³-hybridized carbons (Fsp3) is 0.929. The van der Waals surface area contributed by atoms with Gasteiger partial charge in [-0.2, -0.15) is 40.0 Å². The molecule has 0 aromatic carbocycles. The molecule has 1 atom stereocenters. The molecule has 1 rings (SSSR count).